The van der Waals surface area contributed by atoms with Gasteiger partial charge in [0.15, 0.2) is 0 Å². The Morgan fingerprint density at radius 2 is 1.69 bits per heavy atom. The molecule has 0 saturated heterocycles. The van der Waals surface area contributed by atoms with Crippen molar-refractivity contribution < 1.29 is 18.7 Å². The minimum atomic E-state index is -0.400. The van der Waals surface area contributed by atoms with Crippen molar-refractivity contribution in [3.05, 3.63) is 95.3 Å². The summed E-state index contributed by atoms with van der Waals surface area (Å²) >= 11 is 0. The lowest BCUT2D eigenvalue weighted by atomic mass is 10.1. The average molecular weight is 435 g/mol. The van der Waals surface area contributed by atoms with Crippen LogP contribution in [0.15, 0.2) is 72.8 Å². The van der Waals surface area contributed by atoms with Gasteiger partial charge in [-0.3, -0.25) is 9.59 Å². The highest BCUT2D eigenvalue weighted by atomic mass is 19.1. The number of ether oxygens (including phenoxy) is 1. The van der Waals surface area contributed by atoms with Crippen LogP contribution < -0.4 is 15.8 Å². The average Bonchev–Trinajstić information content (AvgIpc) is 2.82. The molecule has 0 fully saturated rings. The van der Waals surface area contributed by atoms with E-state index in [1.54, 1.807) is 42.3 Å². The second kappa shape index (κ2) is 11.1. The molecule has 0 heterocycles. The zero-order valence-electron chi connectivity index (χ0n) is 17.9. The van der Waals surface area contributed by atoms with Gasteiger partial charge in [-0.25, -0.2) is 4.39 Å². The van der Waals surface area contributed by atoms with E-state index in [4.69, 9.17) is 10.5 Å². The predicted molar refractivity (Wildman–Crippen MR) is 122 cm³/mol. The first-order valence-corrected chi connectivity index (χ1v) is 10.3. The number of nitrogens with two attached hydrogens (primary N) is 1. The van der Waals surface area contributed by atoms with Gasteiger partial charge >= 0.3 is 0 Å². The van der Waals surface area contributed by atoms with Crippen molar-refractivity contribution in [1.82, 2.24) is 4.90 Å². The summed E-state index contributed by atoms with van der Waals surface area (Å²) in [5.74, 6) is -0.166. The number of methoxy groups -OCH3 is 1. The molecular weight excluding hydrogens is 409 g/mol. The molecule has 0 aliphatic heterocycles. The van der Waals surface area contributed by atoms with Crippen LogP contribution in [0.1, 0.15) is 32.7 Å². The highest BCUT2D eigenvalue weighted by Crippen LogP contribution is 2.18. The third kappa shape index (κ3) is 6.15. The number of hydrogen-bond donors (Lipinski definition) is 2. The van der Waals surface area contributed by atoms with Crippen LogP contribution in [0.25, 0.3) is 0 Å². The summed E-state index contributed by atoms with van der Waals surface area (Å²) in [5, 5.41) is 2.81. The summed E-state index contributed by atoms with van der Waals surface area (Å²) in [5.41, 5.74) is 8.03. The summed E-state index contributed by atoms with van der Waals surface area (Å²) in [6.45, 7) is 1.35. The van der Waals surface area contributed by atoms with Crippen LogP contribution in [0, 0.1) is 5.82 Å². The quantitative estimate of drug-likeness (QED) is 0.531. The molecule has 0 aromatic heterocycles. The van der Waals surface area contributed by atoms with E-state index in [0.29, 0.717) is 48.6 Å². The van der Waals surface area contributed by atoms with Crippen molar-refractivity contribution >= 4 is 17.5 Å². The summed E-state index contributed by atoms with van der Waals surface area (Å²) in [7, 11) is 1.58. The van der Waals surface area contributed by atoms with E-state index in [1.165, 1.54) is 24.3 Å². The second-order valence-electron chi connectivity index (χ2n) is 7.26. The monoisotopic (exact) mass is 435 g/mol. The molecule has 3 aromatic carbocycles. The molecule has 3 rings (SSSR count). The largest absolute Gasteiger partial charge is 0.497 e. The number of carbonyl (C=O) groups is 2. The number of anilines is 1. The van der Waals surface area contributed by atoms with Gasteiger partial charge in [0.25, 0.3) is 11.8 Å². The van der Waals surface area contributed by atoms with E-state index in [-0.39, 0.29) is 11.8 Å². The molecule has 0 atom stereocenters. The molecule has 2 amide bonds. The topological polar surface area (TPSA) is 84.7 Å². The molecule has 0 saturated carbocycles. The zero-order chi connectivity index (χ0) is 22.9. The number of halogens is 1. The van der Waals surface area contributed by atoms with Gasteiger partial charge in [-0.1, -0.05) is 12.1 Å². The van der Waals surface area contributed by atoms with Gasteiger partial charge in [-0.15, -0.1) is 0 Å². The Bertz CT molecular complexity index is 1050. The number of carbonyl (C=O) groups excluding carboxylic acids is 2. The maximum Gasteiger partial charge on any atom is 0.255 e. The molecule has 7 heteroatoms. The van der Waals surface area contributed by atoms with Crippen molar-refractivity contribution in [2.75, 3.05) is 25.5 Å². The maximum absolute atomic E-state index is 13.1. The molecular formula is C25H26FN3O3. The molecule has 3 aromatic rings. The van der Waals surface area contributed by atoms with Gasteiger partial charge in [-0.2, -0.15) is 0 Å². The van der Waals surface area contributed by atoms with Gasteiger partial charge in [0.05, 0.1) is 7.11 Å². The molecule has 166 valence electrons. The Morgan fingerprint density at radius 3 is 2.34 bits per heavy atom. The normalized spacial score (nSPS) is 10.5. The van der Waals surface area contributed by atoms with Crippen LogP contribution >= 0.6 is 0 Å². The molecule has 32 heavy (non-hydrogen) atoms. The van der Waals surface area contributed by atoms with Crippen molar-refractivity contribution in [3.63, 3.8) is 0 Å². The van der Waals surface area contributed by atoms with Crippen LogP contribution in [0.5, 0.6) is 5.75 Å². The number of nitrogens with zero attached hydrogens (tertiary/aromatic N) is 1. The lowest BCUT2D eigenvalue weighted by molar-refractivity contribution is 0.0742. The second-order valence-corrected chi connectivity index (χ2v) is 7.26. The van der Waals surface area contributed by atoms with Gasteiger partial charge in [0, 0.05) is 29.9 Å². The van der Waals surface area contributed by atoms with Crippen LogP contribution in [-0.2, 0) is 6.54 Å². The van der Waals surface area contributed by atoms with E-state index in [0.717, 1.165) is 5.56 Å². The number of nitrogens with one attached hydrogen (secondary N) is 1. The van der Waals surface area contributed by atoms with Crippen LogP contribution in [0.2, 0.25) is 0 Å². The zero-order valence-corrected chi connectivity index (χ0v) is 17.9. The Balaban J connectivity index is 1.73. The summed E-state index contributed by atoms with van der Waals surface area (Å²) in [6.07, 6.45) is 0.670. The number of benzene rings is 3. The molecule has 0 aliphatic rings. The first kappa shape index (κ1) is 23.0. The highest BCUT2D eigenvalue weighted by molar-refractivity contribution is 6.04. The van der Waals surface area contributed by atoms with E-state index in [1.807, 2.05) is 18.2 Å². The van der Waals surface area contributed by atoms with E-state index in [2.05, 4.69) is 5.32 Å². The Labute approximate surface area is 186 Å². The smallest absolute Gasteiger partial charge is 0.255 e. The highest BCUT2D eigenvalue weighted by Gasteiger charge is 2.16. The van der Waals surface area contributed by atoms with Gasteiger partial charge in [0.1, 0.15) is 11.6 Å². The summed E-state index contributed by atoms with van der Waals surface area (Å²) in [6, 6.07) is 19.6. The molecule has 6 nitrogen and oxygen atoms in total. The lowest BCUT2D eigenvalue weighted by Gasteiger charge is -2.23. The fourth-order valence-electron chi connectivity index (χ4n) is 3.22. The van der Waals surface area contributed by atoms with E-state index in [9.17, 15) is 14.0 Å². The minimum Gasteiger partial charge on any atom is -0.497 e. The van der Waals surface area contributed by atoms with Crippen molar-refractivity contribution in [2.24, 2.45) is 5.73 Å². The number of hydrogen-bond acceptors (Lipinski definition) is 4. The van der Waals surface area contributed by atoms with E-state index < -0.39 is 5.82 Å². The van der Waals surface area contributed by atoms with E-state index >= 15 is 0 Å². The fraction of sp³-hybridized carbons (Fsp3) is 0.200. The fourth-order valence-corrected chi connectivity index (χ4v) is 3.22. The number of amides is 2. The van der Waals surface area contributed by atoms with Gasteiger partial charge < -0.3 is 20.7 Å². The summed E-state index contributed by atoms with van der Waals surface area (Å²) in [4.78, 5) is 27.2. The number of rotatable bonds is 9. The van der Waals surface area contributed by atoms with Crippen LogP contribution in [-0.4, -0.2) is 36.9 Å². The molecule has 3 N–H and O–H groups in total. The first-order valence-electron chi connectivity index (χ1n) is 10.3. The molecule has 0 radical (unpaired) electrons. The van der Waals surface area contributed by atoms with Crippen LogP contribution in [0.4, 0.5) is 10.1 Å². The predicted octanol–water partition coefficient (Wildman–Crippen LogP) is 4.08. The standard InChI is InChI=1S/C25H26FN3O3/c1-32-23-12-8-20(9-13-23)25(31)29(15-3-14-27)17-18-4-2-5-22(16-18)28-24(30)19-6-10-21(26)11-7-19/h2,4-13,16H,3,14-15,17,27H2,1H3,(H,28,30). The Hall–Kier alpha value is -3.71. The van der Waals surface area contributed by atoms with Gasteiger partial charge in [-0.05, 0) is 79.2 Å². The lowest BCUT2D eigenvalue weighted by Crippen LogP contribution is -2.32. The molecule has 0 aliphatic carbocycles. The minimum absolute atomic E-state index is 0.109. The SMILES string of the molecule is COc1ccc(C(=O)N(CCCN)Cc2cccc(NC(=O)c3ccc(F)cc3)c2)cc1. The molecule has 0 unspecified atom stereocenters. The Kier molecular flexibility index (Phi) is 7.94. The maximum atomic E-state index is 13.1. The van der Waals surface area contributed by atoms with Crippen molar-refractivity contribution in [3.8, 4) is 5.75 Å². The molecule has 0 spiro atoms. The van der Waals surface area contributed by atoms with Crippen LogP contribution in [0.3, 0.4) is 0 Å². The summed E-state index contributed by atoms with van der Waals surface area (Å²) < 4.78 is 18.2. The van der Waals surface area contributed by atoms with Crippen molar-refractivity contribution in [2.45, 2.75) is 13.0 Å². The third-order valence-corrected chi connectivity index (χ3v) is 4.92. The molecule has 0 bridgehead atoms. The first-order chi connectivity index (χ1) is 15.5. The van der Waals surface area contributed by atoms with Gasteiger partial charge in [0.2, 0.25) is 0 Å². The Morgan fingerprint density at radius 1 is 1.00 bits per heavy atom. The third-order valence-electron chi connectivity index (χ3n) is 4.92. The van der Waals surface area contributed by atoms with Crippen molar-refractivity contribution in [1.29, 1.82) is 0 Å².